The molecule has 4 aromatic heterocycles. The molecule has 294 valence electrons. The van der Waals surface area contributed by atoms with Gasteiger partial charge in [-0.1, -0.05) is 44.2 Å². The van der Waals surface area contributed by atoms with Gasteiger partial charge in [0.15, 0.2) is 0 Å². The molecule has 3 N–H and O–H groups in total. The summed E-state index contributed by atoms with van der Waals surface area (Å²) in [5.74, 6) is -1.83. The van der Waals surface area contributed by atoms with Gasteiger partial charge in [-0.05, 0) is 91.8 Å². The molecule has 0 aliphatic carbocycles. The second-order valence-corrected chi connectivity index (χ2v) is 14.8. The highest BCUT2D eigenvalue weighted by Crippen LogP contribution is 2.39. The number of esters is 3. The van der Waals surface area contributed by atoms with Crippen molar-refractivity contribution in [2.75, 3.05) is 21.3 Å². The highest BCUT2D eigenvalue weighted by atomic mass is 16.5. The van der Waals surface area contributed by atoms with Gasteiger partial charge in [-0.3, -0.25) is 14.6 Å². The first-order valence-electron chi connectivity index (χ1n) is 19.4. The Hall–Kier alpha value is -6.23. The van der Waals surface area contributed by atoms with Crippen LogP contribution in [0.25, 0.3) is 40.8 Å². The van der Waals surface area contributed by atoms with Crippen LogP contribution in [0, 0.1) is 32.6 Å². The third kappa shape index (κ3) is 7.41. The van der Waals surface area contributed by atoms with Gasteiger partial charge in [-0.2, -0.15) is 0 Å². The van der Waals surface area contributed by atoms with Crippen LogP contribution in [0.2, 0.25) is 0 Å². The van der Waals surface area contributed by atoms with E-state index in [9.17, 15) is 14.4 Å². The Labute approximate surface area is 331 Å². The van der Waals surface area contributed by atoms with E-state index in [1.165, 1.54) is 21.3 Å². The zero-order valence-corrected chi connectivity index (χ0v) is 33.8. The minimum atomic E-state index is -0.542. The van der Waals surface area contributed by atoms with E-state index < -0.39 is 11.9 Å². The van der Waals surface area contributed by atoms with E-state index in [-0.39, 0.29) is 30.6 Å². The maximum absolute atomic E-state index is 13.6. The molecule has 11 heteroatoms. The molecule has 2 aliphatic rings. The van der Waals surface area contributed by atoms with Crippen molar-refractivity contribution in [2.45, 2.75) is 66.7 Å². The minimum Gasteiger partial charge on any atom is -0.469 e. The van der Waals surface area contributed by atoms with Crippen LogP contribution in [0.15, 0.2) is 47.1 Å². The van der Waals surface area contributed by atoms with E-state index in [0.29, 0.717) is 46.0 Å². The fourth-order valence-electron chi connectivity index (χ4n) is 8.34. The Morgan fingerprint density at radius 3 is 2.33 bits per heavy atom. The van der Waals surface area contributed by atoms with Gasteiger partial charge in [0.05, 0.1) is 55.6 Å². The highest BCUT2D eigenvalue weighted by Gasteiger charge is 2.37. The Balaban J connectivity index is 1.51. The van der Waals surface area contributed by atoms with E-state index in [0.717, 1.165) is 73.7 Å². The summed E-state index contributed by atoms with van der Waals surface area (Å²) in [6.07, 6.45) is 10.1. The van der Waals surface area contributed by atoms with E-state index in [1.54, 1.807) is 0 Å². The lowest BCUT2D eigenvalue weighted by molar-refractivity contribution is -0.141. The summed E-state index contributed by atoms with van der Waals surface area (Å²) in [5.41, 5.74) is 13.0. The molecular formula is C46H49N5O6. The molecule has 8 bridgehead atoms. The van der Waals surface area contributed by atoms with Gasteiger partial charge in [0, 0.05) is 69.5 Å². The largest absolute Gasteiger partial charge is 0.469 e. The molecule has 0 saturated heterocycles. The first-order valence-corrected chi connectivity index (χ1v) is 19.4. The SMILES string of the molecule is CCc1c2[nH]c(c1C)Cc1[nH]c(c(C)c1/C=C/c1ccc3ccccc3n1)C=C1N=C(C(CC(=O)OC)=c3[nH]c(c(C)c3C(=O)OC)=C2)[C@@H](CCC(=O)OC)[C@@H]1C. The van der Waals surface area contributed by atoms with Gasteiger partial charge >= 0.3 is 17.9 Å². The zero-order chi connectivity index (χ0) is 40.5. The molecular weight excluding hydrogens is 719 g/mol. The van der Waals surface area contributed by atoms with E-state index in [2.05, 4.69) is 73.0 Å². The molecule has 0 saturated carbocycles. The van der Waals surface area contributed by atoms with Gasteiger partial charge in [-0.15, -0.1) is 0 Å². The van der Waals surface area contributed by atoms with Crippen molar-refractivity contribution in [3.8, 4) is 0 Å². The number of aromatic nitrogens is 4. The van der Waals surface area contributed by atoms with Crippen molar-refractivity contribution in [3.05, 3.63) is 115 Å². The van der Waals surface area contributed by atoms with Crippen LogP contribution in [0.1, 0.15) is 99.8 Å². The summed E-state index contributed by atoms with van der Waals surface area (Å²) in [6, 6.07) is 12.2. The number of nitrogens with zero attached hydrogens (tertiary/aromatic N) is 2. The van der Waals surface area contributed by atoms with Crippen LogP contribution in [0.3, 0.4) is 0 Å². The second kappa shape index (κ2) is 16.1. The van der Waals surface area contributed by atoms with Crippen LogP contribution < -0.4 is 10.7 Å². The molecule has 11 nitrogen and oxygen atoms in total. The van der Waals surface area contributed by atoms with Crippen molar-refractivity contribution < 1.29 is 28.6 Å². The van der Waals surface area contributed by atoms with Gasteiger partial charge in [0.1, 0.15) is 0 Å². The molecule has 5 aromatic rings. The molecule has 0 spiro atoms. The van der Waals surface area contributed by atoms with Crippen molar-refractivity contribution in [3.63, 3.8) is 0 Å². The Bertz CT molecular complexity index is 2650. The molecule has 0 unspecified atom stereocenters. The molecule has 0 amide bonds. The Morgan fingerprint density at radius 2 is 1.60 bits per heavy atom. The molecule has 2 aliphatic heterocycles. The average Bonchev–Trinajstić information content (AvgIpc) is 3.90. The lowest BCUT2D eigenvalue weighted by atomic mass is 9.82. The van der Waals surface area contributed by atoms with Gasteiger partial charge < -0.3 is 29.2 Å². The van der Waals surface area contributed by atoms with E-state index in [1.807, 2.05) is 37.3 Å². The number of nitrogens with one attached hydrogen (secondary N) is 3. The fourth-order valence-corrected chi connectivity index (χ4v) is 8.34. The number of carbonyl (C=O) groups is 3. The number of H-pyrrole nitrogens is 3. The number of para-hydroxylation sites is 1. The number of fused-ring (bicyclic) bond motifs is 8. The van der Waals surface area contributed by atoms with Crippen LogP contribution in [-0.2, 0) is 36.6 Å². The van der Waals surface area contributed by atoms with Gasteiger partial charge in [-0.25, -0.2) is 9.78 Å². The molecule has 57 heavy (non-hydrogen) atoms. The molecule has 1 aromatic carbocycles. The standard InChI is InChI=1S/C46H49N5O6/c1-9-30-24(2)36-22-40-31(17-16-29-15-14-28-12-10-11-13-34(28)47-29)25(3)35(49-40)21-37-26(4)32(18-19-41(52)55-6)44(50-37)33(20-42(53)56-7)45-43(46(54)57-8)27(5)38(51-45)23-39(30)48-36/h10-17,21,23,26,32,48-49,51H,9,18-20,22H2,1-8H3/b17-16+,37-21?,38-23?,45-33?/t26-,32-/m0/s1. The van der Waals surface area contributed by atoms with Gasteiger partial charge in [0.2, 0.25) is 0 Å². The summed E-state index contributed by atoms with van der Waals surface area (Å²) >= 11 is 0. The Morgan fingerprint density at radius 1 is 0.842 bits per heavy atom. The number of methoxy groups -OCH3 is 3. The molecule has 0 fully saturated rings. The third-order valence-electron chi connectivity index (χ3n) is 11.7. The van der Waals surface area contributed by atoms with Crippen LogP contribution >= 0.6 is 0 Å². The summed E-state index contributed by atoms with van der Waals surface area (Å²) in [4.78, 5) is 60.6. The first kappa shape index (κ1) is 39.0. The average molecular weight is 768 g/mol. The van der Waals surface area contributed by atoms with Crippen LogP contribution in [0.5, 0.6) is 0 Å². The number of aliphatic imine (C=N–C) groups is 1. The monoisotopic (exact) mass is 767 g/mol. The maximum Gasteiger partial charge on any atom is 0.340 e. The van der Waals surface area contributed by atoms with Gasteiger partial charge in [0.25, 0.3) is 0 Å². The topological polar surface area (TPSA) is 152 Å². The zero-order valence-electron chi connectivity index (χ0n) is 33.8. The second-order valence-electron chi connectivity index (χ2n) is 14.8. The molecule has 2 atom stereocenters. The fraction of sp³-hybridized carbons (Fsp3) is 0.326. The quantitative estimate of drug-likeness (QED) is 0.110. The van der Waals surface area contributed by atoms with Crippen LogP contribution in [-0.4, -0.2) is 64.9 Å². The molecule has 6 heterocycles. The number of rotatable bonds is 9. The van der Waals surface area contributed by atoms with Crippen molar-refractivity contribution in [2.24, 2.45) is 16.8 Å². The van der Waals surface area contributed by atoms with Crippen molar-refractivity contribution in [1.29, 1.82) is 0 Å². The summed E-state index contributed by atoms with van der Waals surface area (Å²) < 4.78 is 15.6. The van der Waals surface area contributed by atoms with Crippen molar-refractivity contribution in [1.82, 2.24) is 19.9 Å². The minimum absolute atomic E-state index is 0.146. The number of benzene rings is 1. The third-order valence-corrected chi connectivity index (χ3v) is 11.7. The number of pyridine rings is 1. The maximum atomic E-state index is 13.6. The number of ether oxygens (including phenoxy) is 3. The molecule has 0 radical (unpaired) electrons. The number of allylic oxidation sites excluding steroid dienone is 1. The van der Waals surface area contributed by atoms with Crippen LogP contribution in [0.4, 0.5) is 0 Å². The lowest BCUT2D eigenvalue weighted by Crippen LogP contribution is -2.29. The predicted molar refractivity (Wildman–Crippen MR) is 223 cm³/mol. The summed E-state index contributed by atoms with van der Waals surface area (Å²) in [7, 11) is 4.05. The smallest absolute Gasteiger partial charge is 0.340 e. The predicted octanol–water partition coefficient (Wildman–Crippen LogP) is 6.81. The van der Waals surface area contributed by atoms with E-state index >= 15 is 0 Å². The highest BCUT2D eigenvalue weighted by molar-refractivity contribution is 6.24. The number of carbonyl (C=O) groups excluding carboxylic acids is 3. The van der Waals surface area contributed by atoms with Crippen molar-refractivity contribution >= 4 is 64.4 Å². The summed E-state index contributed by atoms with van der Waals surface area (Å²) in [6.45, 7) is 10.3. The normalized spacial score (nSPS) is 16.4. The first-order chi connectivity index (χ1) is 27.5. The summed E-state index contributed by atoms with van der Waals surface area (Å²) in [5, 5.41) is 2.22. The number of hydrogen-bond acceptors (Lipinski definition) is 8. The lowest BCUT2D eigenvalue weighted by Gasteiger charge is -2.19. The van der Waals surface area contributed by atoms with E-state index in [4.69, 9.17) is 24.2 Å². The Kier molecular flexibility index (Phi) is 11.0. The number of hydrogen-bond donors (Lipinski definition) is 3. The number of aromatic amines is 3. The molecule has 7 rings (SSSR count).